The first kappa shape index (κ1) is 21.6. The van der Waals surface area contributed by atoms with Gasteiger partial charge in [-0.05, 0) is 0 Å². The molecule has 0 saturated carbocycles. The zero-order valence-corrected chi connectivity index (χ0v) is 13.1. The Hall–Kier alpha value is -0.627. The molecule has 0 amide bonds. The normalized spacial score (nSPS) is 6.29. The summed E-state index contributed by atoms with van der Waals surface area (Å²) in [4.78, 5) is 0. The molecule has 17 heavy (non-hydrogen) atoms. The number of rotatable bonds is 0. The van der Waals surface area contributed by atoms with Gasteiger partial charge in [-0.3, -0.25) is 0 Å². The van der Waals surface area contributed by atoms with Crippen molar-refractivity contribution in [3.8, 4) is 0 Å². The zero-order valence-electron chi connectivity index (χ0n) is 10.7. The van der Waals surface area contributed by atoms with Gasteiger partial charge in [0.25, 0.3) is 0 Å². The van der Waals surface area contributed by atoms with Crippen LogP contribution in [0.1, 0.15) is 6.92 Å². The van der Waals surface area contributed by atoms with E-state index in [0.717, 1.165) is 14.2 Å². The van der Waals surface area contributed by atoms with Gasteiger partial charge in [0.15, 0.2) is 0 Å². The molecule has 0 spiro atoms. The molecule has 0 aliphatic rings. The van der Waals surface area contributed by atoms with Crippen LogP contribution in [0.2, 0.25) is 0 Å². The molecule has 3 heteroatoms. The molecule has 2 aromatic carbocycles. The van der Waals surface area contributed by atoms with Crippen molar-refractivity contribution in [2.75, 3.05) is 14.2 Å². The maximum atomic E-state index is 8.25. The van der Waals surface area contributed by atoms with Crippen LogP contribution in [-0.2, 0) is 24.2 Å². The van der Waals surface area contributed by atoms with Gasteiger partial charge in [-0.15, -0.1) is 0 Å². The minimum atomic E-state index is 0.750. The van der Waals surface area contributed by atoms with Gasteiger partial charge in [0, 0.05) is 0 Å². The molecule has 0 aromatic heterocycles. The first-order valence-corrected chi connectivity index (χ1v) is 6.44. The van der Waals surface area contributed by atoms with Crippen LogP contribution in [0.3, 0.4) is 0 Å². The quantitative estimate of drug-likeness (QED) is 0.685. The van der Waals surface area contributed by atoms with E-state index in [-0.39, 0.29) is 0 Å². The predicted octanol–water partition coefficient (Wildman–Crippen LogP) is 1.12. The Morgan fingerprint density at radius 1 is 0.765 bits per heavy atom. The molecule has 0 aliphatic heterocycles. The molecule has 94 valence electrons. The molecule has 2 nitrogen and oxygen atoms in total. The summed E-state index contributed by atoms with van der Waals surface area (Å²) in [5.41, 5.74) is 0. The molecule has 2 aromatic rings. The van der Waals surface area contributed by atoms with E-state index in [4.69, 9.17) is 10.2 Å². The summed E-state index contributed by atoms with van der Waals surface area (Å²) in [6.45, 7) is 2.04. The van der Waals surface area contributed by atoms with Gasteiger partial charge in [-0.25, -0.2) is 24.3 Å². The average Bonchev–Trinajstić information content (AvgIpc) is 3.13. The van der Waals surface area contributed by atoms with Crippen LogP contribution in [0.4, 0.5) is 0 Å². The Balaban J connectivity index is -0.000000155. The smallest absolute Gasteiger partial charge is 0.153 e. The van der Waals surface area contributed by atoms with Crippen molar-refractivity contribution in [3.05, 3.63) is 60.7 Å². The molecular weight excluding hydrogens is 291 g/mol. The van der Waals surface area contributed by atoms with Crippen molar-refractivity contribution in [3.63, 3.8) is 0 Å². The second-order valence-corrected chi connectivity index (χ2v) is 3.63. The fourth-order valence-electron chi connectivity index (χ4n) is 0.642. The van der Waals surface area contributed by atoms with Crippen molar-refractivity contribution < 1.29 is 34.4 Å². The Morgan fingerprint density at radius 2 is 0.941 bits per heavy atom. The van der Waals surface area contributed by atoms with Crippen molar-refractivity contribution in [1.82, 2.24) is 0 Å². The van der Waals surface area contributed by atoms with Gasteiger partial charge in [-0.1, -0.05) is 0 Å². The largest absolute Gasteiger partial charge is 0.857 e. The molecule has 0 unspecified atom stereocenters. The van der Waals surface area contributed by atoms with Gasteiger partial charge in [0.2, 0.25) is 0 Å². The predicted molar refractivity (Wildman–Crippen MR) is 67.7 cm³/mol. The van der Waals surface area contributed by atoms with E-state index in [2.05, 4.69) is 3.71 Å². The first-order valence-electron chi connectivity index (χ1n) is 5.02. The van der Waals surface area contributed by atoms with Crippen molar-refractivity contribution in [2.45, 2.75) is 6.92 Å². The second-order valence-electron chi connectivity index (χ2n) is 2.21. The molecule has 0 aliphatic carbocycles. The third-order valence-electron chi connectivity index (χ3n) is 1.11. The molecule has 0 fully saturated rings. The summed E-state index contributed by atoms with van der Waals surface area (Å²) in [5.74, 6) is 0. The zero-order chi connectivity index (χ0) is 13.8. The summed E-state index contributed by atoms with van der Waals surface area (Å²) in [6, 6.07) is 20.0. The number of hydrogen-bond donors (Lipinski definition) is 0. The maximum absolute atomic E-state index is 8.25. The van der Waals surface area contributed by atoms with E-state index in [0.29, 0.717) is 0 Å². The minimum absolute atomic E-state index is 0.750. The van der Waals surface area contributed by atoms with Crippen molar-refractivity contribution >= 4 is 3.71 Å². The van der Waals surface area contributed by atoms with E-state index in [9.17, 15) is 0 Å². The van der Waals surface area contributed by atoms with Crippen LogP contribution in [0, 0.1) is 0 Å². The summed E-state index contributed by atoms with van der Waals surface area (Å²) in [7, 11) is 1.50. The molecule has 2 rings (SSSR count). The maximum Gasteiger partial charge on any atom is -0.153 e. The van der Waals surface area contributed by atoms with Crippen LogP contribution in [0.15, 0.2) is 60.7 Å². The van der Waals surface area contributed by atoms with E-state index in [1.165, 1.54) is 24.2 Å². The standard InChI is InChI=1S/2C5H5.C2H4.2CH3O.Zr/c2*1-2-4-5-3-1;3*1-2;/h2*1-5H;1H,2H3;2*1H3;/q2*-1;;2*-1;+2. The van der Waals surface area contributed by atoms with Crippen LogP contribution in [0.5, 0.6) is 0 Å². The molecular formula is C14H20O2Zr-2. The van der Waals surface area contributed by atoms with Crippen LogP contribution in [-0.4, -0.2) is 17.9 Å². The average molecular weight is 312 g/mol. The first-order chi connectivity index (χ1) is 8.41. The fourth-order valence-corrected chi connectivity index (χ4v) is 0.642. The molecule has 0 radical (unpaired) electrons. The Morgan fingerprint density at radius 3 is 1.00 bits per heavy atom. The Kier molecular flexibility index (Phi) is 37.6. The fraction of sp³-hybridized carbons (Fsp3) is 0.214. The van der Waals surface area contributed by atoms with Gasteiger partial charge in [0.1, 0.15) is 0 Å². The summed E-state index contributed by atoms with van der Waals surface area (Å²) >= 11 is 1.51. The third kappa shape index (κ3) is 31.3. The van der Waals surface area contributed by atoms with Gasteiger partial charge < -0.3 is 10.2 Å². The monoisotopic (exact) mass is 310 g/mol. The molecule has 0 heterocycles. The van der Waals surface area contributed by atoms with Gasteiger partial charge in [-0.2, -0.15) is 50.6 Å². The van der Waals surface area contributed by atoms with E-state index in [1.54, 1.807) is 0 Å². The Labute approximate surface area is 120 Å². The molecule has 0 bridgehead atoms. The summed E-state index contributed by atoms with van der Waals surface area (Å²) in [5, 5.41) is 16.5. The summed E-state index contributed by atoms with van der Waals surface area (Å²) < 4.78 is 2.09. The third-order valence-corrected chi connectivity index (χ3v) is 1.11. The van der Waals surface area contributed by atoms with Gasteiger partial charge in [0.05, 0.1) is 0 Å². The van der Waals surface area contributed by atoms with Crippen LogP contribution < -0.4 is 10.2 Å². The van der Waals surface area contributed by atoms with E-state index in [1.807, 2.05) is 67.6 Å². The SMILES string of the molecule is C[CH]=[Zr+2].C[O-].C[O-].c1cc[cH-]c1.c1cc[cH-]c1. The Bertz CT molecular complexity index is 189. The van der Waals surface area contributed by atoms with Crippen molar-refractivity contribution in [1.29, 1.82) is 0 Å². The number of hydrogen-bond acceptors (Lipinski definition) is 2. The molecule has 0 atom stereocenters. The van der Waals surface area contributed by atoms with Crippen LogP contribution in [0.25, 0.3) is 0 Å². The van der Waals surface area contributed by atoms with E-state index < -0.39 is 0 Å². The minimum Gasteiger partial charge on any atom is -0.857 e. The topological polar surface area (TPSA) is 46.1 Å². The second kappa shape index (κ2) is 29.5. The molecule has 0 saturated heterocycles. The summed E-state index contributed by atoms with van der Waals surface area (Å²) in [6.07, 6.45) is 0. The van der Waals surface area contributed by atoms with Crippen LogP contribution >= 0.6 is 0 Å². The van der Waals surface area contributed by atoms with Gasteiger partial charge >= 0.3 is 34.9 Å². The molecule has 0 N–H and O–H groups in total. The van der Waals surface area contributed by atoms with E-state index >= 15 is 0 Å². The van der Waals surface area contributed by atoms with Crippen molar-refractivity contribution in [2.24, 2.45) is 0 Å².